The molecule has 0 aliphatic rings. The van der Waals surface area contributed by atoms with E-state index >= 15 is 0 Å². The van der Waals surface area contributed by atoms with Gasteiger partial charge in [-0.25, -0.2) is 19.2 Å². The van der Waals surface area contributed by atoms with E-state index in [9.17, 15) is 19.2 Å². The van der Waals surface area contributed by atoms with Crippen LogP contribution < -0.4 is 0 Å². The fourth-order valence-electron chi connectivity index (χ4n) is 2.34. The van der Waals surface area contributed by atoms with Crippen LogP contribution in [0, 0.1) is 11.8 Å². The largest absolute Gasteiger partial charge is 0.463 e. The van der Waals surface area contributed by atoms with Gasteiger partial charge in [-0.2, -0.15) is 0 Å². The zero-order valence-electron chi connectivity index (χ0n) is 19.0. The van der Waals surface area contributed by atoms with E-state index in [2.05, 4.69) is 0 Å². The number of hydrogen-bond donors (Lipinski definition) is 0. The van der Waals surface area contributed by atoms with E-state index in [0.29, 0.717) is 0 Å². The number of carbonyl (C=O) groups excluding carboxylic acids is 4. The molecule has 0 fully saturated rings. The summed E-state index contributed by atoms with van der Waals surface area (Å²) >= 11 is 0. The first-order chi connectivity index (χ1) is 14.2. The van der Waals surface area contributed by atoms with Gasteiger partial charge in [-0.15, -0.1) is 0 Å². The molecular formula is C22H36O8. The maximum atomic E-state index is 11.9. The summed E-state index contributed by atoms with van der Waals surface area (Å²) in [5, 5.41) is 0. The Morgan fingerprint density at radius 1 is 0.633 bits per heavy atom. The molecule has 0 saturated carbocycles. The van der Waals surface area contributed by atoms with Crippen molar-refractivity contribution in [2.75, 3.05) is 13.2 Å². The summed E-state index contributed by atoms with van der Waals surface area (Å²) in [6, 6.07) is 0. The Kier molecular flexibility index (Phi) is 14.2. The second kappa shape index (κ2) is 15.5. The standard InChI is InChI=1S/C22H36O8/c1-7-17(8-2)13-27-21(25)15(5)29-19(23)11-12-20(24)30-16(6)22(26)28-14-18(9-3)10-4/h11-12,15-18H,7-10,13-14H2,1-6H3. The van der Waals surface area contributed by atoms with E-state index < -0.39 is 36.1 Å². The lowest BCUT2D eigenvalue weighted by molar-refractivity contribution is -0.165. The van der Waals surface area contributed by atoms with Crippen molar-refractivity contribution in [3.05, 3.63) is 12.2 Å². The maximum absolute atomic E-state index is 11.9. The van der Waals surface area contributed by atoms with E-state index in [-0.39, 0.29) is 25.0 Å². The highest BCUT2D eigenvalue weighted by Crippen LogP contribution is 2.10. The number of rotatable bonds is 14. The van der Waals surface area contributed by atoms with Gasteiger partial charge in [0.25, 0.3) is 0 Å². The minimum Gasteiger partial charge on any atom is -0.463 e. The molecule has 172 valence electrons. The van der Waals surface area contributed by atoms with Crippen LogP contribution in [0.25, 0.3) is 0 Å². The van der Waals surface area contributed by atoms with Crippen LogP contribution in [-0.2, 0) is 38.1 Å². The SMILES string of the molecule is CCC(CC)COC(=O)C(C)OC(=O)C=CC(=O)OC(C)C(=O)OCC(CC)CC. The highest BCUT2D eigenvalue weighted by atomic mass is 16.6. The molecule has 0 aliphatic heterocycles. The zero-order chi connectivity index (χ0) is 23.1. The highest BCUT2D eigenvalue weighted by molar-refractivity contribution is 5.93. The molecule has 8 nitrogen and oxygen atoms in total. The van der Waals surface area contributed by atoms with Gasteiger partial charge >= 0.3 is 23.9 Å². The first-order valence-corrected chi connectivity index (χ1v) is 10.6. The van der Waals surface area contributed by atoms with Gasteiger partial charge in [-0.1, -0.05) is 53.4 Å². The third-order valence-corrected chi connectivity index (χ3v) is 4.84. The molecule has 0 rings (SSSR count). The molecule has 0 aromatic rings. The molecular weight excluding hydrogens is 392 g/mol. The van der Waals surface area contributed by atoms with Gasteiger partial charge < -0.3 is 18.9 Å². The molecule has 0 aromatic heterocycles. The van der Waals surface area contributed by atoms with E-state index in [0.717, 1.165) is 37.8 Å². The molecule has 30 heavy (non-hydrogen) atoms. The Morgan fingerprint density at radius 3 is 1.20 bits per heavy atom. The summed E-state index contributed by atoms with van der Waals surface area (Å²) < 4.78 is 20.1. The average molecular weight is 429 g/mol. The van der Waals surface area contributed by atoms with Crippen LogP contribution in [-0.4, -0.2) is 49.3 Å². The van der Waals surface area contributed by atoms with Gasteiger partial charge in [0.05, 0.1) is 13.2 Å². The van der Waals surface area contributed by atoms with Crippen molar-refractivity contribution in [2.45, 2.75) is 79.4 Å². The van der Waals surface area contributed by atoms with Gasteiger partial charge in [0.1, 0.15) is 0 Å². The van der Waals surface area contributed by atoms with Gasteiger partial charge in [-0.3, -0.25) is 0 Å². The normalized spacial score (nSPS) is 13.2. The summed E-state index contributed by atoms with van der Waals surface area (Å²) in [6.07, 6.45) is 2.97. The molecule has 0 saturated heterocycles. The van der Waals surface area contributed by atoms with Gasteiger partial charge in [-0.05, 0) is 25.7 Å². The molecule has 0 aliphatic carbocycles. The third-order valence-electron chi connectivity index (χ3n) is 4.84. The fraction of sp³-hybridized carbons (Fsp3) is 0.727. The lowest BCUT2D eigenvalue weighted by Gasteiger charge is -2.16. The van der Waals surface area contributed by atoms with Crippen LogP contribution in [0.1, 0.15) is 67.2 Å². The van der Waals surface area contributed by atoms with E-state index in [1.807, 2.05) is 27.7 Å². The fourth-order valence-corrected chi connectivity index (χ4v) is 2.34. The molecule has 8 heteroatoms. The first-order valence-electron chi connectivity index (χ1n) is 10.6. The number of esters is 4. The molecule has 0 radical (unpaired) electrons. The zero-order valence-corrected chi connectivity index (χ0v) is 19.0. The Bertz CT molecular complexity index is 526. The van der Waals surface area contributed by atoms with Crippen LogP contribution in [0.15, 0.2) is 12.2 Å². The summed E-state index contributed by atoms with van der Waals surface area (Å²) in [6.45, 7) is 11.3. The molecule has 0 aromatic carbocycles. The summed E-state index contributed by atoms with van der Waals surface area (Å²) in [7, 11) is 0. The van der Waals surface area contributed by atoms with Crippen LogP contribution in [0.5, 0.6) is 0 Å². The van der Waals surface area contributed by atoms with Crippen LogP contribution in [0.3, 0.4) is 0 Å². The average Bonchev–Trinajstić information content (AvgIpc) is 2.73. The van der Waals surface area contributed by atoms with Crippen molar-refractivity contribution in [3.63, 3.8) is 0 Å². The molecule has 0 N–H and O–H groups in total. The molecule has 0 spiro atoms. The van der Waals surface area contributed by atoms with E-state index in [1.165, 1.54) is 13.8 Å². The number of carbonyl (C=O) groups is 4. The van der Waals surface area contributed by atoms with E-state index in [4.69, 9.17) is 18.9 Å². The Balaban J connectivity index is 4.37. The molecule has 2 atom stereocenters. The Morgan fingerprint density at radius 2 is 0.933 bits per heavy atom. The van der Waals surface area contributed by atoms with Crippen molar-refractivity contribution >= 4 is 23.9 Å². The van der Waals surface area contributed by atoms with Gasteiger partial charge in [0.2, 0.25) is 0 Å². The van der Waals surface area contributed by atoms with Crippen molar-refractivity contribution < 1.29 is 38.1 Å². The van der Waals surface area contributed by atoms with Gasteiger partial charge in [0, 0.05) is 12.2 Å². The lowest BCUT2D eigenvalue weighted by Crippen LogP contribution is -2.28. The van der Waals surface area contributed by atoms with Crippen molar-refractivity contribution in [1.29, 1.82) is 0 Å². The molecule has 2 unspecified atom stereocenters. The third kappa shape index (κ3) is 11.6. The van der Waals surface area contributed by atoms with Crippen molar-refractivity contribution in [2.24, 2.45) is 11.8 Å². The second-order valence-corrected chi connectivity index (χ2v) is 7.12. The van der Waals surface area contributed by atoms with Gasteiger partial charge in [0.15, 0.2) is 12.2 Å². The second-order valence-electron chi connectivity index (χ2n) is 7.12. The van der Waals surface area contributed by atoms with Crippen LogP contribution in [0.4, 0.5) is 0 Å². The van der Waals surface area contributed by atoms with Crippen molar-refractivity contribution in [1.82, 2.24) is 0 Å². The molecule has 0 amide bonds. The lowest BCUT2D eigenvalue weighted by atomic mass is 10.1. The number of ether oxygens (including phenoxy) is 4. The Labute approximate surface area is 179 Å². The number of hydrogen-bond acceptors (Lipinski definition) is 8. The Hall–Kier alpha value is -2.38. The van der Waals surface area contributed by atoms with Crippen LogP contribution in [0.2, 0.25) is 0 Å². The summed E-state index contributed by atoms with van der Waals surface area (Å²) in [4.78, 5) is 47.2. The predicted octanol–water partition coefficient (Wildman–Crippen LogP) is 3.36. The topological polar surface area (TPSA) is 105 Å². The first kappa shape index (κ1) is 27.6. The monoisotopic (exact) mass is 428 g/mol. The minimum atomic E-state index is -1.11. The highest BCUT2D eigenvalue weighted by Gasteiger charge is 2.21. The molecule has 0 bridgehead atoms. The molecule has 0 heterocycles. The summed E-state index contributed by atoms with van der Waals surface area (Å²) in [5.74, 6) is -2.59. The predicted molar refractivity (Wildman–Crippen MR) is 110 cm³/mol. The maximum Gasteiger partial charge on any atom is 0.347 e. The van der Waals surface area contributed by atoms with Crippen molar-refractivity contribution in [3.8, 4) is 0 Å². The quantitative estimate of drug-likeness (QED) is 0.236. The smallest absolute Gasteiger partial charge is 0.347 e. The van der Waals surface area contributed by atoms with Crippen LogP contribution >= 0.6 is 0 Å². The minimum absolute atomic E-state index is 0.259. The van der Waals surface area contributed by atoms with E-state index in [1.54, 1.807) is 0 Å². The summed E-state index contributed by atoms with van der Waals surface area (Å²) in [5.41, 5.74) is 0.